The summed E-state index contributed by atoms with van der Waals surface area (Å²) >= 11 is 17.8. The third-order valence-corrected chi connectivity index (χ3v) is 2.86. The molecule has 7 heteroatoms. The van der Waals surface area contributed by atoms with Crippen LogP contribution < -0.4 is 11.1 Å². The Kier molecular flexibility index (Phi) is 5.18. The zero-order chi connectivity index (χ0) is 13.0. The van der Waals surface area contributed by atoms with Crippen LogP contribution in [-0.4, -0.2) is 17.1 Å². The average molecular weight is 297 g/mol. The monoisotopic (exact) mass is 295 g/mol. The molecule has 0 aliphatic rings. The second-order valence-electron chi connectivity index (χ2n) is 3.59. The second kappa shape index (κ2) is 6.19. The maximum Gasteiger partial charge on any atom is 0.141 e. The first-order valence-electron chi connectivity index (χ1n) is 4.81. The first-order valence-corrected chi connectivity index (χ1v) is 5.95. The number of halogens is 3. The molecule has 0 saturated carbocycles. The molecule has 1 aromatic rings. The Morgan fingerprint density at radius 2 is 1.94 bits per heavy atom. The van der Waals surface area contributed by atoms with Crippen LogP contribution in [-0.2, 0) is 0 Å². The van der Waals surface area contributed by atoms with E-state index in [0.29, 0.717) is 27.2 Å². The number of nitrogens with one attached hydrogen (secondary N) is 1. The zero-order valence-electron chi connectivity index (χ0n) is 9.04. The van der Waals surface area contributed by atoms with Gasteiger partial charge in [0.2, 0.25) is 0 Å². The molecule has 0 aliphatic heterocycles. The highest BCUT2D eigenvalue weighted by Crippen LogP contribution is 2.34. The highest BCUT2D eigenvalue weighted by Gasteiger charge is 2.11. The molecule has 0 aromatic heterocycles. The van der Waals surface area contributed by atoms with E-state index in [2.05, 4.69) is 10.5 Å². The molecule has 0 aliphatic carbocycles. The van der Waals surface area contributed by atoms with Crippen molar-refractivity contribution in [2.75, 3.05) is 5.32 Å². The van der Waals surface area contributed by atoms with E-state index >= 15 is 0 Å². The maximum absolute atomic E-state index is 8.46. The molecule has 1 rings (SSSR count). The van der Waals surface area contributed by atoms with E-state index in [1.807, 2.05) is 6.92 Å². The van der Waals surface area contributed by atoms with Gasteiger partial charge in [-0.05, 0) is 19.1 Å². The number of hydrogen-bond donors (Lipinski definition) is 3. The van der Waals surface area contributed by atoms with Crippen LogP contribution in [0.5, 0.6) is 0 Å². The average Bonchev–Trinajstić information content (AvgIpc) is 2.23. The van der Waals surface area contributed by atoms with Gasteiger partial charge in [-0.15, -0.1) is 0 Å². The van der Waals surface area contributed by atoms with Crippen molar-refractivity contribution in [2.45, 2.75) is 19.4 Å². The summed E-state index contributed by atoms with van der Waals surface area (Å²) in [6, 6.07) is 3.10. The molecule has 17 heavy (non-hydrogen) atoms. The van der Waals surface area contributed by atoms with Crippen LogP contribution in [0.1, 0.15) is 13.3 Å². The van der Waals surface area contributed by atoms with Crippen molar-refractivity contribution in [2.24, 2.45) is 10.9 Å². The van der Waals surface area contributed by atoms with E-state index in [1.54, 1.807) is 12.1 Å². The predicted octanol–water partition coefficient (Wildman–Crippen LogP) is 3.58. The summed E-state index contributed by atoms with van der Waals surface area (Å²) in [7, 11) is 0. The van der Waals surface area contributed by atoms with Crippen LogP contribution in [0, 0.1) is 0 Å². The molecule has 0 heterocycles. The molecule has 0 amide bonds. The van der Waals surface area contributed by atoms with Crippen LogP contribution >= 0.6 is 34.8 Å². The standard InChI is InChI=1S/C10H12Cl3N3O/c1-5(2-9(14)16-17)15-10-7(12)3-6(11)4-8(10)13/h3-5,15,17H,2H2,1H3,(H2,14,16). The summed E-state index contributed by atoms with van der Waals surface area (Å²) in [5.41, 5.74) is 5.98. The van der Waals surface area contributed by atoms with Gasteiger partial charge in [0.1, 0.15) is 5.84 Å². The lowest BCUT2D eigenvalue weighted by Gasteiger charge is -2.17. The van der Waals surface area contributed by atoms with Gasteiger partial charge in [0.15, 0.2) is 0 Å². The smallest absolute Gasteiger partial charge is 0.141 e. The molecular formula is C10H12Cl3N3O. The van der Waals surface area contributed by atoms with Crippen molar-refractivity contribution < 1.29 is 5.21 Å². The first kappa shape index (κ1) is 14.2. The van der Waals surface area contributed by atoms with Crippen LogP contribution in [0.25, 0.3) is 0 Å². The van der Waals surface area contributed by atoms with Gasteiger partial charge in [-0.2, -0.15) is 0 Å². The summed E-state index contributed by atoms with van der Waals surface area (Å²) in [4.78, 5) is 0. The summed E-state index contributed by atoms with van der Waals surface area (Å²) < 4.78 is 0. The topological polar surface area (TPSA) is 70.6 Å². The highest BCUT2D eigenvalue weighted by molar-refractivity contribution is 6.41. The van der Waals surface area contributed by atoms with Gasteiger partial charge in [-0.3, -0.25) is 0 Å². The minimum absolute atomic E-state index is 0.0814. The predicted molar refractivity (Wildman–Crippen MR) is 72.6 cm³/mol. The van der Waals surface area contributed by atoms with E-state index in [-0.39, 0.29) is 11.9 Å². The summed E-state index contributed by atoms with van der Waals surface area (Å²) in [5.74, 6) is 0.131. The lowest BCUT2D eigenvalue weighted by molar-refractivity contribution is 0.316. The van der Waals surface area contributed by atoms with Gasteiger partial charge in [0.05, 0.1) is 15.7 Å². The molecule has 0 fully saturated rings. The number of anilines is 1. The van der Waals surface area contributed by atoms with Crippen molar-refractivity contribution >= 4 is 46.3 Å². The second-order valence-corrected chi connectivity index (χ2v) is 4.84. The third kappa shape index (κ3) is 4.15. The van der Waals surface area contributed by atoms with E-state index < -0.39 is 0 Å². The van der Waals surface area contributed by atoms with Gasteiger partial charge < -0.3 is 16.3 Å². The SMILES string of the molecule is CC(C/C(N)=N/O)Nc1c(Cl)cc(Cl)cc1Cl. The van der Waals surface area contributed by atoms with Crippen LogP contribution in [0.3, 0.4) is 0 Å². The van der Waals surface area contributed by atoms with Gasteiger partial charge in [0, 0.05) is 17.5 Å². The number of oxime groups is 1. The summed E-state index contributed by atoms with van der Waals surface area (Å²) in [6.07, 6.45) is 0.367. The van der Waals surface area contributed by atoms with Gasteiger partial charge in [0.25, 0.3) is 0 Å². The van der Waals surface area contributed by atoms with Crippen LogP contribution in [0.15, 0.2) is 17.3 Å². The lowest BCUT2D eigenvalue weighted by Crippen LogP contribution is -2.24. The molecule has 0 radical (unpaired) electrons. The Hall–Kier alpha value is -0.840. The molecular weight excluding hydrogens is 284 g/mol. The van der Waals surface area contributed by atoms with Crippen molar-refractivity contribution in [1.82, 2.24) is 0 Å². The van der Waals surface area contributed by atoms with Crippen molar-refractivity contribution in [3.05, 3.63) is 27.2 Å². The molecule has 0 saturated heterocycles. The van der Waals surface area contributed by atoms with Gasteiger partial charge >= 0.3 is 0 Å². The lowest BCUT2D eigenvalue weighted by atomic mass is 10.2. The molecule has 1 aromatic carbocycles. The molecule has 94 valence electrons. The quantitative estimate of drug-likeness (QED) is 0.344. The molecule has 0 bridgehead atoms. The first-order chi connectivity index (χ1) is 7.93. The van der Waals surface area contributed by atoms with Gasteiger partial charge in [-0.25, -0.2) is 0 Å². The normalized spacial score (nSPS) is 13.5. The Morgan fingerprint density at radius 1 is 1.41 bits per heavy atom. The van der Waals surface area contributed by atoms with E-state index in [9.17, 15) is 0 Å². The number of rotatable bonds is 4. The Bertz CT molecular complexity index is 414. The highest BCUT2D eigenvalue weighted by atomic mass is 35.5. The van der Waals surface area contributed by atoms with Crippen molar-refractivity contribution in [1.29, 1.82) is 0 Å². The maximum atomic E-state index is 8.46. The van der Waals surface area contributed by atoms with Crippen molar-refractivity contribution in [3.63, 3.8) is 0 Å². The molecule has 4 nitrogen and oxygen atoms in total. The van der Waals surface area contributed by atoms with Crippen molar-refractivity contribution in [3.8, 4) is 0 Å². The molecule has 0 spiro atoms. The summed E-state index contributed by atoms with van der Waals surface area (Å²) in [6.45, 7) is 1.86. The minimum Gasteiger partial charge on any atom is -0.409 e. The van der Waals surface area contributed by atoms with Crippen LogP contribution in [0.2, 0.25) is 15.1 Å². The van der Waals surface area contributed by atoms with E-state index in [4.69, 9.17) is 45.7 Å². The van der Waals surface area contributed by atoms with E-state index in [1.165, 1.54) is 0 Å². The minimum atomic E-state index is -0.0814. The Morgan fingerprint density at radius 3 is 2.41 bits per heavy atom. The summed E-state index contributed by atoms with van der Waals surface area (Å²) in [5, 5.41) is 15.8. The number of nitrogens with zero attached hydrogens (tertiary/aromatic N) is 1. The molecule has 1 atom stereocenters. The Labute approximate surface area is 114 Å². The van der Waals surface area contributed by atoms with Gasteiger partial charge in [-0.1, -0.05) is 40.0 Å². The van der Waals surface area contributed by atoms with Crippen LogP contribution in [0.4, 0.5) is 5.69 Å². The van der Waals surface area contributed by atoms with E-state index in [0.717, 1.165) is 0 Å². The fourth-order valence-electron chi connectivity index (χ4n) is 1.33. The fourth-order valence-corrected chi connectivity index (χ4v) is 2.26. The molecule has 1 unspecified atom stereocenters. The third-order valence-electron chi connectivity index (χ3n) is 2.04. The molecule has 4 N–H and O–H groups in total. The number of hydrogen-bond acceptors (Lipinski definition) is 3. The zero-order valence-corrected chi connectivity index (χ0v) is 11.3. The number of benzene rings is 1. The largest absolute Gasteiger partial charge is 0.409 e. The number of nitrogens with two attached hydrogens (primary N) is 1. The Balaban J connectivity index is 2.81. The fraction of sp³-hybridized carbons (Fsp3) is 0.300. The number of amidine groups is 1.